The number of nitrogens with zero attached hydrogens (tertiary/aromatic N) is 3. The summed E-state index contributed by atoms with van der Waals surface area (Å²) in [7, 11) is 3.27. The van der Waals surface area contributed by atoms with E-state index in [4.69, 9.17) is 9.15 Å². The Morgan fingerprint density at radius 1 is 1.36 bits per heavy atom. The van der Waals surface area contributed by atoms with Gasteiger partial charge in [0, 0.05) is 13.6 Å². The number of benzene rings is 1. The maximum atomic E-state index is 12.4. The zero-order valence-corrected chi connectivity index (χ0v) is 14.7. The number of carbonyl (C=O) groups is 1. The van der Waals surface area contributed by atoms with Gasteiger partial charge in [-0.2, -0.15) is 4.68 Å². The molecule has 25 heavy (non-hydrogen) atoms. The number of amides is 1. The SMILES string of the molecule is COc1cccc(CN(C)C(=O)Cn2nc(-c3cccs3)oc2=O)c1. The molecular formula is C17H17N3O4S. The molecule has 2 aromatic heterocycles. The van der Waals surface area contributed by atoms with Crippen LogP contribution in [0.5, 0.6) is 5.75 Å². The van der Waals surface area contributed by atoms with Crippen LogP contribution in [0.25, 0.3) is 10.8 Å². The molecule has 2 heterocycles. The largest absolute Gasteiger partial charge is 0.497 e. The smallest absolute Gasteiger partial charge is 0.437 e. The third-order valence-electron chi connectivity index (χ3n) is 3.60. The fourth-order valence-corrected chi connectivity index (χ4v) is 2.93. The number of methoxy groups -OCH3 is 1. The number of hydrogen-bond donors (Lipinski definition) is 0. The molecular weight excluding hydrogens is 342 g/mol. The van der Waals surface area contributed by atoms with Crippen LogP contribution in [-0.2, 0) is 17.9 Å². The molecule has 0 atom stereocenters. The van der Waals surface area contributed by atoms with E-state index in [9.17, 15) is 9.59 Å². The van der Waals surface area contributed by atoms with Crippen LogP contribution in [0.4, 0.5) is 0 Å². The summed E-state index contributed by atoms with van der Waals surface area (Å²) in [5.41, 5.74) is 0.932. The van der Waals surface area contributed by atoms with Gasteiger partial charge >= 0.3 is 5.76 Å². The summed E-state index contributed by atoms with van der Waals surface area (Å²) in [6, 6.07) is 11.1. The van der Waals surface area contributed by atoms with Crippen LogP contribution in [0.15, 0.2) is 51.0 Å². The molecule has 0 N–H and O–H groups in total. The summed E-state index contributed by atoms with van der Waals surface area (Å²) < 4.78 is 11.3. The van der Waals surface area contributed by atoms with Crippen molar-refractivity contribution in [2.45, 2.75) is 13.1 Å². The minimum absolute atomic E-state index is 0.172. The highest BCUT2D eigenvalue weighted by Crippen LogP contribution is 2.21. The molecule has 3 aromatic rings. The van der Waals surface area contributed by atoms with E-state index in [1.165, 1.54) is 16.2 Å². The second-order valence-electron chi connectivity index (χ2n) is 5.41. The van der Waals surface area contributed by atoms with Crippen LogP contribution in [0.1, 0.15) is 5.56 Å². The molecule has 0 aliphatic heterocycles. The van der Waals surface area contributed by atoms with Crippen molar-refractivity contribution in [2.75, 3.05) is 14.2 Å². The fraction of sp³-hybridized carbons (Fsp3) is 0.235. The maximum absolute atomic E-state index is 12.4. The van der Waals surface area contributed by atoms with Crippen molar-refractivity contribution in [1.29, 1.82) is 0 Å². The summed E-state index contributed by atoms with van der Waals surface area (Å²) in [6.07, 6.45) is 0. The third-order valence-corrected chi connectivity index (χ3v) is 4.46. The zero-order chi connectivity index (χ0) is 17.8. The predicted octanol–water partition coefficient (Wildman–Crippen LogP) is 2.23. The number of carbonyl (C=O) groups excluding carboxylic acids is 1. The van der Waals surface area contributed by atoms with Crippen molar-refractivity contribution in [2.24, 2.45) is 0 Å². The van der Waals surface area contributed by atoms with Crippen LogP contribution in [0.3, 0.4) is 0 Å². The van der Waals surface area contributed by atoms with Crippen molar-refractivity contribution in [3.63, 3.8) is 0 Å². The van der Waals surface area contributed by atoms with E-state index in [2.05, 4.69) is 5.10 Å². The van der Waals surface area contributed by atoms with Crippen LogP contribution >= 0.6 is 11.3 Å². The lowest BCUT2D eigenvalue weighted by atomic mass is 10.2. The lowest BCUT2D eigenvalue weighted by molar-refractivity contribution is -0.131. The Morgan fingerprint density at radius 2 is 2.20 bits per heavy atom. The predicted molar refractivity (Wildman–Crippen MR) is 93.5 cm³/mol. The highest BCUT2D eigenvalue weighted by molar-refractivity contribution is 7.13. The van der Waals surface area contributed by atoms with E-state index in [1.54, 1.807) is 20.2 Å². The average Bonchev–Trinajstić information content (AvgIpc) is 3.25. The quantitative estimate of drug-likeness (QED) is 0.674. The van der Waals surface area contributed by atoms with Gasteiger partial charge in [0.15, 0.2) is 0 Å². The molecule has 130 valence electrons. The van der Waals surface area contributed by atoms with Gasteiger partial charge in [-0.3, -0.25) is 4.79 Å². The van der Waals surface area contributed by atoms with Crippen LogP contribution in [-0.4, -0.2) is 34.7 Å². The Hall–Kier alpha value is -2.87. The normalized spacial score (nSPS) is 10.6. The summed E-state index contributed by atoms with van der Waals surface area (Å²) in [5.74, 6) is 0.0670. The molecule has 0 saturated carbocycles. The molecule has 0 aliphatic rings. The molecule has 0 bridgehead atoms. The summed E-state index contributed by atoms with van der Waals surface area (Å²) in [5, 5.41) is 5.95. The van der Waals surface area contributed by atoms with Crippen molar-refractivity contribution in [1.82, 2.24) is 14.7 Å². The third kappa shape index (κ3) is 3.97. The van der Waals surface area contributed by atoms with Gasteiger partial charge < -0.3 is 14.1 Å². The Balaban J connectivity index is 1.68. The van der Waals surface area contributed by atoms with Gasteiger partial charge in [0.2, 0.25) is 5.91 Å². The summed E-state index contributed by atoms with van der Waals surface area (Å²) >= 11 is 1.41. The molecule has 8 heteroatoms. The monoisotopic (exact) mass is 359 g/mol. The zero-order valence-electron chi connectivity index (χ0n) is 13.8. The molecule has 3 rings (SSSR count). The van der Waals surface area contributed by atoms with E-state index in [1.807, 2.05) is 35.7 Å². The molecule has 1 aromatic carbocycles. The van der Waals surface area contributed by atoms with Gasteiger partial charge in [-0.15, -0.1) is 16.4 Å². The van der Waals surface area contributed by atoms with E-state index < -0.39 is 5.76 Å². The van der Waals surface area contributed by atoms with Crippen LogP contribution in [0, 0.1) is 0 Å². The number of ether oxygens (including phenoxy) is 1. The standard InChI is InChI=1S/C17H17N3O4S/c1-19(10-12-5-3-6-13(9-12)23-2)15(21)11-20-17(22)24-16(18-20)14-7-4-8-25-14/h3-9H,10-11H2,1-2H3. The minimum Gasteiger partial charge on any atom is -0.497 e. The number of aromatic nitrogens is 2. The molecule has 0 saturated heterocycles. The maximum Gasteiger partial charge on any atom is 0.437 e. The van der Waals surface area contributed by atoms with Crippen molar-refractivity contribution >= 4 is 17.2 Å². The highest BCUT2D eigenvalue weighted by atomic mass is 32.1. The Kier molecular flexibility index (Phi) is 4.99. The first-order chi connectivity index (χ1) is 12.1. The van der Waals surface area contributed by atoms with Gasteiger partial charge in [0.1, 0.15) is 12.3 Å². The van der Waals surface area contributed by atoms with Crippen molar-refractivity contribution < 1.29 is 13.9 Å². The van der Waals surface area contributed by atoms with E-state index in [0.717, 1.165) is 20.9 Å². The van der Waals surface area contributed by atoms with Gasteiger partial charge in [0.05, 0.1) is 12.0 Å². The Morgan fingerprint density at radius 3 is 2.92 bits per heavy atom. The van der Waals surface area contributed by atoms with Gasteiger partial charge in [-0.1, -0.05) is 18.2 Å². The molecule has 7 nitrogen and oxygen atoms in total. The summed E-state index contributed by atoms with van der Waals surface area (Å²) in [6.45, 7) is 0.231. The molecule has 0 unspecified atom stereocenters. The van der Waals surface area contributed by atoms with E-state index >= 15 is 0 Å². The Labute approximate surface area is 148 Å². The molecule has 0 fully saturated rings. The van der Waals surface area contributed by atoms with Crippen LogP contribution in [0.2, 0.25) is 0 Å². The lowest BCUT2D eigenvalue weighted by Gasteiger charge is -2.17. The molecule has 0 spiro atoms. The average molecular weight is 359 g/mol. The van der Waals surface area contributed by atoms with Gasteiger partial charge in [-0.25, -0.2) is 4.79 Å². The van der Waals surface area contributed by atoms with Crippen molar-refractivity contribution in [3.05, 3.63) is 57.9 Å². The van der Waals surface area contributed by atoms with Gasteiger partial charge in [-0.05, 0) is 29.1 Å². The van der Waals surface area contributed by atoms with Gasteiger partial charge in [0.25, 0.3) is 5.89 Å². The fourth-order valence-electron chi connectivity index (χ4n) is 2.29. The van der Waals surface area contributed by atoms with Crippen molar-refractivity contribution in [3.8, 4) is 16.5 Å². The number of thiophene rings is 1. The first-order valence-electron chi connectivity index (χ1n) is 7.55. The van der Waals surface area contributed by atoms with E-state index in [-0.39, 0.29) is 18.3 Å². The second kappa shape index (κ2) is 7.35. The lowest BCUT2D eigenvalue weighted by Crippen LogP contribution is -2.33. The highest BCUT2D eigenvalue weighted by Gasteiger charge is 2.16. The first-order valence-corrected chi connectivity index (χ1v) is 8.43. The topological polar surface area (TPSA) is 77.6 Å². The number of hydrogen-bond acceptors (Lipinski definition) is 6. The van der Waals surface area contributed by atoms with E-state index in [0.29, 0.717) is 6.54 Å². The molecule has 1 amide bonds. The minimum atomic E-state index is -0.647. The second-order valence-corrected chi connectivity index (χ2v) is 6.36. The summed E-state index contributed by atoms with van der Waals surface area (Å²) in [4.78, 5) is 26.5. The van der Waals surface area contributed by atoms with Crippen LogP contribution < -0.4 is 10.5 Å². The Bertz CT molecular complexity index is 914. The first kappa shape index (κ1) is 17.0. The number of rotatable bonds is 6. The molecule has 0 aliphatic carbocycles. The number of likely N-dealkylation sites (N-methyl/N-ethyl adjacent to an activating group) is 1. The molecule has 0 radical (unpaired) electrons.